The highest BCUT2D eigenvalue weighted by molar-refractivity contribution is 5.56. The summed E-state index contributed by atoms with van der Waals surface area (Å²) < 4.78 is 32.2. The summed E-state index contributed by atoms with van der Waals surface area (Å²) >= 11 is 0. The summed E-state index contributed by atoms with van der Waals surface area (Å²) in [5.74, 6) is -2.23. The topological polar surface area (TPSA) is 41.5 Å². The monoisotopic (exact) mass is 293 g/mol. The molecule has 0 fully saturated rings. The van der Waals surface area contributed by atoms with E-state index in [4.69, 9.17) is 9.84 Å². The van der Waals surface area contributed by atoms with E-state index in [0.717, 1.165) is 17.8 Å². The minimum atomic E-state index is -0.974. The summed E-state index contributed by atoms with van der Waals surface area (Å²) in [5, 5.41) is 12.1. The van der Waals surface area contributed by atoms with Crippen LogP contribution < -0.4 is 10.1 Å². The Balaban J connectivity index is 2.13. The van der Waals surface area contributed by atoms with Gasteiger partial charge in [0, 0.05) is 6.54 Å². The molecule has 0 bridgehead atoms. The molecule has 21 heavy (non-hydrogen) atoms. The molecule has 0 aliphatic carbocycles. The maximum Gasteiger partial charge on any atom is 0.187 e. The first kappa shape index (κ1) is 15.1. The maximum atomic E-state index is 13.3. The molecule has 112 valence electrons. The maximum absolute atomic E-state index is 13.3. The van der Waals surface area contributed by atoms with Crippen molar-refractivity contribution in [2.24, 2.45) is 0 Å². The fraction of sp³-hybridized carbons (Fsp3) is 0.250. The highest BCUT2D eigenvalue weighted by Gasteiger charge is 2.10. The second-order valence-corrected chi connectivity index (χ2v) is 4.92. The molecule has 2 rings (SSSR count). The molecular weight excluding hydrogens is 276 g/mol. The van der Waals surface area contributed by atoms with Crippen LogP contribution in [0.1, 0.15) is 19.4 Å². The van der Waals surface area contributed by atoms with Gasteiger partial charge in [0.15, 0.2) is 17.4 Å². The van der Waals surface area contributed by atoms with Crippen molar-refractivity contribution in [2.45, 2.75) is 26.5 Å². The Hall–Kier alpha value is -2.30. The molecule has 0 saturated heterocycles. The predicted octanol–water partition coefficient (Wildman–Crippen LogP) is 4.07. The van der Waals surface area contributed by atoms with Crippen LogP contribution in [0, 0.1) is 11.6 Å². The summed E-state index contributed by atoms with van der Waals surface area (Å²) in [6.07, 6.45) is 0.0245. The Labute approximate surface area is 122 Å². The molecule has 0 unspecified atom stereocenters. The average Bonchev–Trinajstić information content (AvgIpc) is 2.43. The van der Waals surface area contributed by atoms with Crippen LogP contribution in [0.5, 0.6) is 11.5 Å². The molecule has 5 heteroatoms. The van der Waals surface area contributed by atoms with E-state index in [-0.39, 0.29) is 12.6 Å². The third-order valence-corrected chi connectivity index (χ3v) is 2.81. The highest BCUT2D eigenvalue weighted by Crippen LogP contribution is 2.26. The average molecular weight is 293 g/mol. The first-order valence-electron chi connectivity index (χ1n) is 6.64. The molecule has 0 aliphatic heterocycles. The van der Waals surface area contributed by atoms with Crippen molar-refractivity contribution in [1.82, 2.24) is 0 Å². The molecular formula is C16H17F2NO2. The van der Waals surface area contributed by atoms with Gasteiger partial charge in [-0.2, -0.15) is 0 Å². The van der Waals surface area contributed by atoms with Crippen LogP contribution in [0.2, 0.25) is 0 Å². The molecule has 0 aromatic heterocycles. The van der Waals surface area contributed by atoms with Crippen LogP contribution >= 0.6 is 0 Å². The Morgan fingerprint density at radius 3 is 2.38 bits per heavy atom. The first-order chi connectivity index (χ1) is 9.97. The molecule has 0 amide bonds. The predicted molar refractivity (Wildman–Crippen MR) is 77.6 cm³/mol. The van der Waals surface area contributed by atoms with Gasteiger partial charge in [-0.15, -0.1) is 0 Å². The number of ether oxygens (including phenoxy) is 1. The SMILES string of the molecule is CC(C)Oc1ccccc1NCc1cc(F)c(O)c(F)c1. The number of aromatic hydroxyl groups is 1. The van der Waals surface area contributed by atoms with E-state index in [1.165, 1.54) is 0 Å². The fourth-order valence-corrected chi connectivity index (χ4v) is 1.89. The third kappa shape index (κ3) is 3.84. The fourth-order valence-electron chi connectivity index (χ4n) is 1.89. The van der Waals surface area contributed by atoms with Crippen LogP contribution in [0.3, 0.4) is 0 Å². The van der Waals surface area contributed by atoms with Crippen molar-refractivity contribution < 1.29 is 18.6 Å². The molecule has 2 aromatic carbocycles. The number of benzene rings is 2. The Kier molecular flexibility index (Phi) is 4.62. The van der Waals surface area contributed by atoms with Crippen LogP contribution in [0.15, 0.2) is 36.4 Å². The second kappa shape index (κ2) is 6.43. The highest BCUT2D eigenvalue weighted by atomic mass is 19.1. The van der Waals surface area contributed by atoms with Crippen molar-refractivity contribution in [2.75, 3.05) is 5.32 Å². The summed E-state index contributed by atoms with van der Waals surface area (Å²) in [5.41, 5.74) is 1.13. The van der Waals surface area contributed by atoms with Gasteiger partial charge in [-0.1, -0.05) is 12.1 Å². The van der Waals surface area contributed by atoms with Gasteiger partial charge in [-0.25, -0.2) is 8.78 Å². The lowest BCUT2D eigenvalue weighted by atomic mass is 10.2. The Morgan fingerprint density at radius 2 is 1.76 bits per heavy atom. The number of halogens is 2. The lowest BCUT2D eigenvalue weighted by Gasteiger charge is -2.15. The first-order valence-corrected chi connectivity index (χ1v) is 6.64. The normalized spacial score (nSPS) is 10.7. The number of phenolic OH excluding ortho intramolecular Hbond substituents is 1. The van der Waals surface area contributed by atoms with Crippen LogP contribution in [-0.4, -0.2) is 11.2 Å². The largest absolute Gasteiger partial charge is 0.503 e. The van der Waals surface area contributed by atoms with Crippen molar-refractivity contribution in [3.8, 4) is 11.5 Å². The third-order valence-electron chi connectivity index (χ3n) is 2.81. The number of nitrogens with one attached hydrogen (secondary N) is 1. The van der Waals surface area contributed by atoms with Crippen LogP contribution in [0.25, 0.3) is 0 Å². The van der Waals surface area contributed by atoms with E-state index in [2.05, 4.69) is 5.32 Å². The van der Waals surface area contributed by atoms with Crippen molar-refractivity contribution >= 4 is 5.69 Å². The second-order valence-electron chi connectivity index (χ2n) is 4.92. The number of rotatable bonds is 5. The number of para-hydroxylation sites is 2. The van der Waals surface area contributed by atoms with Crippen molar-refractivity contribution in [3.05, 3.63) is 53.6 Å². The molecule has 0 spiro atoms. The van der Waals surface area contributed by atoms with Crippen LogP contribution in [-0.2, 0) is 6.54 Å². The van der Waals surface area contributed by atoms with Gasteiger partial charge in [-0.05, 0) is 43.7 Å². The molecule has 3 nitrogen and oxygen atoms in total. The van der Waals surface area contributed by atoms with Gasteiger partial charge in [0.1, 0.15) is 5.75 Å². The lowest BCUT2D eigenvalue weighted by molar-refractivity contribution is 0.243. The molecule has 0 radical (unpaired) electrons. The van der Waals surface area contributed by atoms with E-state index in [9.17, 15) is 8.78 Å². The quantitative estimate of drug-likeness (QED) is 0.873. The summed E-state index contributed by atoms with van der Waals surface area (Å²) in [4.78, 5) is 0. The molecule has 0 heterocycles. The zero-order valence-electron chi connectivity index (χ0n) is 11.9. The van der Waals surface area contributed by atoms with Gasteiger partial charge in [-0.3, -0.25) is 0 Å². The van der Waals surface area contributed by atoms with E-state index in [1.807, 2.05) is 38.1 Å². The molecule has 0 saturated carbocycles. The number of hydrogen-bond donors (Lipinski definition) is 2. The summed E-state index contributed by atoms with van der Waals surface area (Å²) in [6, 6.07) is 9.52. The Morgan fingerprint density at radius 1 is 1.14 bits per heavy atom. The van der Waals surface area contributed by atoms with Gasteiger partial charge in [0.2, 0.25) is 0 Å². The number of hydrogen-bond acceptors (Lipinski definition) is 3. The van der Waals surface area contributed by atoms with Crippen molar-refractivity contribution in [3.63, 3.8) is 0 Å². The van der Waals surface area contributed by atoms with E-state index in [1.54, 1.807) is 0 Å². The van der Waals surface area contributed by atoms with Gasteiger partial charge >= 0.3 is 0 Å². The summed E-state index contributed by atoms with van der Waals surface area (Å²) in [7, 11) is 0. The molecule has 0 aliphatic rings. The van der Waals surface area contributed by atoms with Gasteiger partial charge in [0.25, 0.3) is 0 Å². The van der Waals surface area contributed by atoms with Crippen molar-refractivity contribution in [1.29, 1.82) is 0 Å². The lowest BCUT2D eigenvalue weighted by Crippen LogP contribution is -2.08. The zero-order chi connectivity index (χ0) is 15.4. The van der Waals surface area contributed by atoms with E-state index in [0.29, 0.717) is 11.3 Å². The van der Waals surface area contributed by atoms with E-state index >= 15 is 0 Å². The minimum Gasteiger partial charge on any atom is -0.503 e. The Bertz CT molecular complexity index is 606. The van der Waals surface area contributed by atoms with Crippen LogP contribution in [0.4, 0.5) is 14.5 Å². The van der Waals surface area contributed by atoms with Gasteiger partial charge < -0.3 is 15.2 Å². The van der Waals surface area contributed by atoms with Gasteiger partial charge in [0.05, 0.1) is 11.8 Å². The smallest absolute Gasteiger partial charge is 0.187 e. The molecule has 0 atom stereocenters. The standard InChI is InChI=1S/C16H17F2NO2/c1-10(2)21-15-6-4-3-5-14(15)19-9-11-7-12(17)16(20)13(18)8-11/h3-8,10,19-20H,9H2,1-2H3. The van der Waals surface area contributed by atoms with E-state index < -0.39 is 17.4 Å². The minimum absolute atomic E-state index is 0.0245. The zero-order valence-corrected chi connectivity index (χ0v) is 11.9. The number of phenols is 1. The number of anilines is 1. The molecule has 2 aromatic rings. The molecule has 2 N–H and O–H groups in total. The summed E-state index contributed by atoms with van der Waals surface area (Å²) in [6.45, 7) is 4.05.